The second-order valence-electron chi connectivity index (χ2n) is 4.37. The number of aromatic nitrogens is 2. The quantitative estimate of drug-likeness (QED) is 0.778. The predicted octanol–water partition coefficient (Wildman–Crippen LogP) is 3.84. The largest absolute Gasteiger partial charge is 0.380 e. The second kappa shape index (κ2) is 5.57. The Hall–Kier alpha value is -2.62. The highest BCUT2D eigenvalue weighted by Gasteiger charge is 2.18. The van der Waals surface area contributed by atoms with Crippen LogP contribution in [0.25, 0.3) is 22.6 Å². The molecule has 0 amide bonds. The van der Waals surface area contributed by atoms with E-state index in [1.165, 1.54) is 0 Å². The van der Waals surface area contributed by atoms with Crippen molar-refractivity contribution < 1.29 is 4.52 Å². The number of pyridine rings is 1. The summed E-state index contributed by atoms with van der Waals surface area (Å²) in [6, 6.07) is 13.8. The van der Waals surface area contributed by atoms with E-state index in [1.807, 2.05) is 42.5 Å². The molecule has 0 aliphatic carbocycles. The van der Waals surface area contributed by atoms with Crippen LogP contribution in [0.2, 0.25) is 0 Å². The number of nitrogens with one attached hydrogen (secondary N) is 1. The van der Waals surface area contributed by atoms with Crippen molar-refractivity contribution in [2.24, 2.45) is 0 Å². The van der Waals surface area contributed by atoms with Crippen molar-refractivity contribution in [2.45, 2.75) is 6.92 Å². The molecule has 1 aromatic carbocycles. The summed E-state index contributed by atoms with van der Waals surface area (Å²) in [5.41, 5.74) is 3.75. The molecule has 1 N–H and O–H groups in total. The van der Waals surface area contributed by atoms with Crippen molar-refractivity contribution in [1.29, 1.82) is 0 Å². The van der Waals surface area contributed by atoms with E-state index in [1.54, 1.807) is 12.4 Å². The van der Waals surface area contributed by atoms with Crippen LogP contribution in [0.5, 0.6) is 0 Å². The Morgan fingerprint density at radius 1 is 1.00 bits per heavy atom. The van der Waals surface area contributed by atoms with E-state index >= 15 is 0 Å². The van der Waals surface area contributed by atoms with Crippen LogP contribution >= 0.6 is 0 Å². The Morgan fingerprint density at radius 2 is 1.75 bits per heavy atom. The van der Waals surface area contributed by atoms with Crippen molar-refractivity contribution in [2.75, 3.05) is 11.9 Å². The van der Waals surface area contributed by atoms with Crippen molar-refractivity contribution >= 4 is 5.69 Å². The monoisotopic (exact) mass is 265 g/mol. The number of rotatable bonds is 4. The number of nitrogens with zero attached hydrogens (tertiary/aromatic N) is 2. The normalized spacial score (nSPS) is 10.4. The van der Waals surface area contributed by atoms with Crippen LogP contribution in [-0.2, 0) is 0 Å². The molecule has 0 unspecified atom stereocenters. The van der Waals surface area contributed by atoms with Gasteiger partial charge >= 0.3 is 0 Å². The maximum absolute atomic E-state index is 5.55. The molecule has 100 valence electrons. The van der Waals surface area contributed by atoms with E-state index in [0.29, 0.717) is 0 Å². The van der Waals surface area contributed by atoms with Gasteiger partial charge in [0.25, 0.3) is 0 Å². The number of benzene rings is 1. The second-order valence-corrected chi connectivity index (χ2v) is 4.37. The number of hydrogen-bond acceptors (Lipinski definition) is 4. The Bertz CT molecular complexity index is 620. The zero-order valence-corrected chi connectivity index (χ0v) is 11.2. The average molecular weight is 265 g/mol. The molecule has 20 heavy (non-hydrogen) atoms. The molecular weight excluding hydrogens is 250 g/mol. The van der Waals surface area contributed by atoms with E-state index in [4.69, 9.17) is 4.52 Å². The molecule has 0 radical (unpaired) electrons. The molecule has 0 fully saturated rings. The van der Waals surface area contributed by atoms with Gasteiger partial charge in [0.2, 0.25) is 0 Å². The minimum atomic E-state index is 0.744. The molecule has 4 nitrogen and oxygen atoms in total. The number of anilines is 1. The maximum Gasteiger partial charge on any atom is 0.190 e. The molecule has 2 aromatic heterocycles. The summed E-state index contributed by atoms with van der Waals surface area (Å²) in [4.78, 5) is 4.03. The van der Waals surface area contributed by atoms with Crippen molar-refractivity contribution in [3.63, 3.8) is 0 Å². The first-order chi connectivity index (χ1) is 9.90. The summed E-state index contributed by atoms with van der Waals surface area (Å²) >= 11 is 0. The third kappa shape index (κ3) is 2.28. The maximum atomic E-state index is 5.55. The van der Waals surface area contributed by atoms with Crippen LogP contribution < -0.4 is 5.32 Å². The van der Waals surface area contributed by atoms with Gasteiger partial charge in [-0.15, -0.1) is 0 Å². The molecule has 0 bridgehead atoms. The van der Waals surface area contributed by atoms with Gasteiger partial charge in [-0.25, -0.2) is 0 Å². The van der Waals surface area contributed by atoms with E-state index in [0.717, 1.165) is 34.8 Å². The Labute approximate surface area is 117 Å². The van der Waals surface area contributed by atoms with Crippen molar-refractivity contribution in [1.82, 2.24) is 10.1 Å². The Morgan fingerprint density at radius 3 is 2.45 bits per heavy atom. The highest BCUT2D eigenvalue weighted by atomic mass is 16.5. The first kappa shape index (κ1) is 12.4. The van der Waals surface area contributed by atoms with E-state index < -0.39 is 0 Å². The lowest BCUT2D eigenvalue weighted by atomic mass is 10.1. The van der Waals surface area contributed by atoms with Gasteiger partial charge in [0.15, 0.2) is 5.76 Å². The zero-order valence-electron chi connectivity index (χ0n) is 11.2. The van der Waals surface area contributed by atoms with Gasteiger partial charge in [0.05, 0.1) is 0 Å². The summed E-state index contributed by atoms with van der Waals surface area (Å²) in [5, 5.41) is 7.57. The van der Waals surface area contributed by atoms with Gasteiger partial charge < -0.3 is 9.84 Å². The van der Waals surface area contributed by atoms with Crippen LogP contribution in [0, 0.1) is 0 Å². The third-order valence-corrected chi connectivity index (χ3v) is 3.04. The fourth-order valence-corrected chi connectivity index (χ4v) is 2.12. The van der Waals surface area contributed by atoms with E-state index in [-0.39, 0.29) is 0 Å². The standard InChI is InChI=1S/C16H15N3O/c1-2-18-15-14(12-6-4-3-5-7-12)19-20-16(15)13-8-10-17-11-9-13/h3-11,18H,2H2,1H3. The summed E-state index contributed by atoms with van der Waals surface area (Å²) in [6.07, 6.45) is 3.49. The lowest BCUT2D eigenvalue weighted by molar-refractivity contribution is 0.435. The molecule has 4 heteroatoms. The highest BCUT2D eigenvalue weighted by Crippen LogP contribution is 2.36. The molecule has 0 saturated carbocycles. The van der Waals surface area contributed by atoms with Gasteiger partial charge in [-0.2, -0.15) is 0 Å². The summed E-state index contributed by atoms with van der Waals surface area (Å²) < 4.78 is 5.55. The highest BCUT2D eigenvalue weighted by molar-refractivity contribution is 5.85. The first-order valence-electron chi connectivity index (χ1n) is 6.59. The zero-order chi connectivity index (χ0) is 13.8. The van der Waals surface area contributed by atoms with Gasteiger partial charge in [0.1, 0.15) is 11.4 Å². The fraction of sp³-hybridized carbons (Fsp3) is 0.125. The molecular formula is C16H15N3O. The minimum Gasteiger partial charge on any atom is -0.380 e. The third-order valence-electron chi connectivity index (χ3n) is 3.04. The topological polar surface area (TPSA) is 51.0 Å². The Kier molecular flexibility index (Phi) is 3.46. The summed E-state index contributed by atoms with van der Waals surface area (Å²) in [7, 11) is 0. The smallest absolute Gasteiger partial charge is 0.190 e. The van der Waals surface area contributed by atoms with Gasteiger partial charge in [-0.1, -0.05) is 35.5 Å². The van der Waals surface area contributed by atoms with Crippen molar-refractivity contribution in [3.05, 3.63) is 54.9 Å². The van der Waals surface area contributed by atoms with Crippen molar-refractivity contribution in [3.8, 4) is 22.6 Å². The average Bonchev–Trinajstić information content (AvgIpc) is 2.93. The van der Waals surface area contributed by atoms with Gasteiger partial charge in [-0.05, 0) is 19.1 Å². The lowest BCUT2D eigenvalue weighted by Gasteiger charge is -2.05. The SMILES string of the molecule is CCNc1c(-c2ccccc2)noc1-c1ccncc1. The molecule has 2 heterocycles. The summed E-state index contributed by atoms with van der Waals surface area (Å²) in [6.45, 7) is 2.86. The lowest BCUT2D eigenvalue weighted by Crippen LogP contribution is -1.98. The fourth-order valence-electron chi connectivity index (χ4n) is 2.12. The Balaban J connectivity index is 2.12. The van der Waals surface area contributed by atoms with Crippen LogP contribution in [-0.4, -0.2) is 16.7 Å². The van der Waals surface area contributed by atoms with Crippen LogP contribution in [0.4, 0.5) is 5.69 Å². The predicted molar refractivity (Wildman–Crippen MR) is 79.3 cm³/mol. The van der Waals surface area contributed by atoms with Crippen LogP contribution in [0.15, 0.2) is 59.4 Å². The van der Waals surface area contributed by atoms with Gasteiger partial charge in [0, 0.05) is 30.1 Å². The molecule has 0 atom stereocenters. The van der Waals surface area contributed by atoms with E-state index in [2.05, 4.69) is 22.4 Å². The molecule has 3 aromatic rings. The van der Waals surface area contributed by atoms with Crippen LogP contribution in [0.3, 0.4) is 0 Å². The van der Waals surface area contributed by atoms with Crippen LogP contribution in [0.1, 0.15) is 6.92 Å². The minimum absolute atomic E-state index is 0.744. The van der Waals surface area contributed by atoms with E-state index in [9.17, 15) is 0 Å². The molecule has 0 aliphatic heterocycles. The first-order valence-corrected chi connectivity index (χ1v) is 6.59. The number of hydrogen-bond donors (Lipinski definition) is 1. The molecule has 0 aliphatic rings. The van der Waals surface area contributed by atoms with Gasteiger partial charge in [-0.3, -0.25) is 4.98 Å². The summed E-state index contributed by atoms with van der Waals surface area (Å²) in [5.74, 6) is 0.744. The molecule has 0 saturated heterocycles. The molecule has 3 rings (SSSR count). The molecule has 0 spiro atoms.